The second-order valence-corrected chi connectivity index (χ2v) is 6.24. The van der Waals surface area contributed by atoms with Crippen LogP contribution < -0.4 is 4.72 Å². The zero-order valence-electron chi connectivity index (χ0n) is 9.47. The highest BCUT2D eigenvalue weighted by Gasteiger charge is 2.18. The van der Waals surface area contributed by atoms with Crippen LogP contribution in [0.4, 0.5) is 10.1 Å². The molecule has 0 amide bonds. The molecule has 0 aliphatic heterocycles. The normalized spacial score (nSPS) is 11.3. The van der Waals surface area contributed by atoms with Crippen LogP contribution in [-0.4, -0.2) is 13.5 Å². The van der Waals surface area contributed by atoms with Crippen molar-refractivity contribution >= 4 is 31.6 Å². The van der Waals surface area contributed by atoms with E-state index in [4.69, 9.17) is 0 Å². The number of halogens is 2. The number of aromatic hydroxyl groups is 1. The predicted molar refractivity (Wildman–Crippen MR) is 73.0 cm³/mol. The summed E-state index contributed by atoms with van der Waals surface area (Å²) >= 11 is 3.07. The molecule has 2 aromatic carbocycles. The van der Waals surface area contributed by atoms with Gasteiger partial charge in [0.05, 0.1) is 10.6 Å². The van der Waals surface area contributed by atoms with Crippen LogP contribution in [0, 0.1) is 5.82 Å². The molecule has 0 unspecified atom stereocenters. The molecular formula is C12H9BrFNO3S. The average molecular weight is 346 g/mol. The number of benzene rings is 2. The van der Waals surface area contributed by atoms with Gasteiger partial charge in [-0.15, -0.1) is 0 Å². The molecule has 7 heteroatoms. The molecule has 0 atom stereocenters. The molecule has 0 aromatic heterocycles. The molecule has 0 aliphatic carbocycles. The van der Waals surface area contributed by atoms with Crippen LogP contribution in [0.1, 0.15) is 0 Å². The third-order valence-electron chi connectivity index (χ3n) is 2.33. The Labute approximate surface area is 118 Å². The maximum Gasteiger partial charge on any atom is 0.262 e. The summed E-state index contributed by atoms with van der Waals surface area (Å²) in [6, 6.07) is 9.23. The Balaban J connectivity index is 2.42. The highest BCUT2D eigenvalue weighted by molar-refractivity contribution is 9.10. The summed E-state index contributed by atoms with van der Waals surface area (Å²) < 4.78 is 40.1. The molecule has 0 radical (unpaired) electrons. The van der Waals surface area contributed by atoms with Crippen molar-refractivity contribution in [2.45, 2.75) is 4.90 Å². The van der Waals surface area contributed by atoms with Gasteiger partial charge in [-0.1, -0.05) is 12.1 Å². The quantitative estimate of drug-likeness (QED) is 0.898. The molecule has 2 rings (SSSR count). The molecule has 100 valence electrons. The van der Waals surface area contributed by atoms with Gasteiger partial charge in [-0.05, 0) is 40.2 Å². The first-order valence-electron chi connectivity index (χ1n) is 5.16. The lowest BCUT2D eigenvalue weighted by Crippen LogP contribution is -2.14. The van der Waals surface area contributed by atoms with E-state index in [0.29, 0.717) is 0 Å². The lowest BCUT2D eigenvalue weighted by molar-refractivity contribution is 0.473. The highest BCUT2D eigenvalue weighted by atomic mass is 79.9. The fourth-order valence-corrected chi connectivity index (χ4v) is 3.14. The summed E-state index contributed by atoms with van der Waals surface area (Å²) in [5.41, 5.74) is -0.175. The standard InChI is InChI=1S/C12H9BrFNO3S/c13-10-5-2-6-11(14)12(10)15-19(17,18)9-4-1-3-8(16)7-9/h1-7,15-16H. The van der Waals surface area contributed by atoms with Gasteiger partial charge in [0.1, 0.15) is 11.6 Å². The van der Waals surface area contributed by atoms with Crippen LogP contribution in [-0.2, 0) is 10.0 Å². The van der Waals surface area contributed by atoms with Crippen molar-refractivity contribution in [1.29, 1.82) is 0 Å². The number of sulfonamides is 1. The van der Waals surface area contributed by atoms with Crippen molar-refractivity contribution < 1.29 is 17.9 Å². The van der Waals surface area contributed by atoms with Crippen LogP contribution in [0.15, 0.2) is 51.8 Å². The summed E-state index contributed by atoms with van der Waals surface area (Å²) in [5, 5.41) is 9.28. The maximum atomic E-state index is 13.6. The molecule has 2 N–H and O–H groups in total. The first-order chi connectivity index (χ1) is 8.90. The molecule has 0 saturated heterocycles. The van der Waals surface area contributed by atoms with Gasteiger partial charge in [-0.3, -0.25) is 4.72 Å². The second-order valence-electron chi connectivity index (χ2n) is 3.70. The van der Waals surface area contributed by atoms with Crippen LogP contribution in [0.5, 0.6) is 5.75 Å². The van der Waals surface area contributed by atoms with Crippen molar-refractivity contribution in [3.63, 3.8) is 0 Å². The Bertz CT molecular complexity index is 698. The van der Waals surface area contributed by atoms with E-state index >= 15 is 0 Å². The Morgan fingerprint density at radius 2 is 1.84 bits per heavy atom. The third-order valence-corrected chi connectivity index (χ3v) is 4.34. The van der Waals surface area contributed by atoms with E-state index < -0.39 is 15.8 Å². The number of hydrogen-bond donors (Lipinski definition) is 2. The number of hydrogen-bond acceptors (Lipinski definition) is 3. The zero-order chi connectivity index (χ0) is 14.0. The Kier molecular flexibility index (Phi) is 3.77. The van der Waals surface area contributed by atoms with Gasteiger partial charge in [0.25, 0.3) is 10.0 Å². The number of rotatable bonds is 3. The van der Waals surface area contributed by atoms with Gasteiger partial charge in [0.2, 0.25) is 0 Å². The zero-order valence-corrected chi connectivity index (χ0v) is 11.9. The number of anilines is 1. The van der Waals surface area contributed by atoms with Crippen molar-refractivity contribution in [2.24, 2.45) is 0 Å². The maximum absolute atomic E-state index is 13.6. The number of para-hydroxylation sites is 1. The molecule has 19 heavy (non-hydrogen) atoms. The van der Waals surface area contributed by atoms with E-state index in [0.717, 1.165) is 12.1 Å². The minimum Gasteiger partial charge on any atom is -0.508 e. The largest absolute Gasteiger partial charge is 0.508 e. The molecule has 0 fully saturated rings. The molecule has 2 aromatic rings. The lowest BCUT2D eigenvalue weighted by Gasteiger charge is -2.10. The fourth-order valence-electron chi connectivity index (χ4n) is 1.44. The van der Waals surface area contributed by atoms with Gasteiger partial charge in [0, 0.05) is 10.5 Å². The van der Waals surface area contributed by atoms with E-state index in [1.165, 1.54) is 30.3 Å². The van der Waals surface area contributed by atoms with E-state index in [-0.39, 0.29) is 20.8 Å². The Hall–Kier alpha value is -1.60. The number of nitrogens with one attached hydrogen (secondary N) is 1. The third kappa shape index (κ3) is 3.05. The van der Waals surface area contributed by atoms with Crippen molar-refractivity contribution in [2.75, 3.05) is 4.72 Å². The molecule has 0 spiro atoms. The lowest BCUT2D eigenvalue weighted by atomic mass is 10.3. The molecule has 0 heterocycles. The summed E-state index contributed by atoms with van der Waals surface area (Å²) in [6.45, 7) is 0. The van der Waals surface area contributed by atoms with Crippen molar-refractivity contribution in [1.82, 2.24) is 0 Å². The molecular weight excluding hydrogens is 337 g/mol. The van der Waals surface area contributed by atoms with Crippen molar-refractivity contribution in [3.8, 4) is 5.75 Å². The molecule has 0 aliphatic rings. The highest BCUT2D eigenvalue weighted by Crippen LogP contribution is 2.28. The summed E-state index contributed by atoms with van der Waals surface area (Å²) in [4.78, 5) is -0.150. The van der Waals surface area contributed by atoms with Gasteiger partial charge in [0.15, 0.2) is 0 Å². The summed E-state index contributed by atoms with van der Waals surface area (Å²) in [6.07, 6.45) is 0. The number of phenols is 1. The summed E-state index contributed by atoms with van der Waals surface area (Å²) in [7, 11) is -3.96. The van der Waals surface area contributed by atoms with Gasteiger partial charge < -0.3 is 5.11 Å². The van der Waals surface area contributed by atoms with E-state index in [1.54, 1.807) is 0 Å². The first kappa shape index (κ1) is 13.8. The molecule has 0 bridgehead atoms. The minimum atomic E-state index is -3.96. The Morgan fingerprint density at radius 3 is 2.47 bits per heavy atom. The SMILES string of the molecule is O=S(=O)(Nc1c(F)cccc1Br)c1cccc(O)c1. The van der Waals surface area contributed by atoms with Crippen LogP contribution in [0.25, 0.3) is 0 Å². The first-order valence-corrected chi connectivity index (χ1v) is 7.43. The van der Waals surface area contributed by atoms with Crippen molar-refractivity contribution in [3.05, 3.63) is 52.8 Å². The fraction of sp³-hybridized carbons (Fsp3) is 0. The van der Waals surface area contributed by atoms with Crippen LogP contribution >= 0.6 is 15.9 Å². The summed E-state index contributed by atoms with van der Waals surface area (Å²) in [5.74, 6) is -0.881. The smallest absolute Gasteiger partial charge is 0.262 e. The predicted octanol–water partition coefficient (Wildman–Crippen LogP) is 3.09. The van der Waals surface area contributed by atoms with Gasteiger partial charge in [-0.2, -0.15) is 0 Å². The van der Waals surface area contributed by atoms with Gasteiger partial charge >= 0.3 is 0 Å². The minimum absolute atomic E-state index is 0.150. The monoisotopic (exact) mass is 345 g/mol. The second kappa shape index (κ2) is 5.18. The van der Waals surface area contributed by atoms with E-state index in [1.807, 2.05) is 0 Å². The van der Waals surface area contributed by atoms with Crippen LogP contribution in [0.2, 0.25) is 0 Å². The molecule has 4 nitrogen and oxygen atoms in total. The van der Waals surface area contributed by atoms with Crippen LogP contribution in [0.3, 0.4) is 0 Å². The average Bonchev–Trinajstić information content (AvgIpc) is 2.34. The topological polar surface area (TPSA) is 66.4 Å². The molecule has 0 saturated carbocycles. The van der Waals surface area contributed by atoms with Gasteiger partial charge in [-0.25, -0.2) is 12.8 Å². The Morgan fingerprint density at radius 1 is 1.16 bits per heavy atom. The van der Waals surface area contributed by atoms with E-state index in [9.17, 15) is 17.9 Å². The number of phenolic OH excluding ortho intramolecular Hbond substituents is 1. The van der Waals surface area contributed by atoms with E-state index in [2.05, 4.69) is 20.7 Å².